The summed E-state index contributed by atoms with van der Waals surface area (Å²) in [6, 6.07) is 7.39. The second kappa shape index (κ2) is 5.34. The van der Waals surface area contributed by atoms with Crippen molar-refractivity contribution in [3.05, 3.63) is 29.8 Å². The summed E-state index contributed by atoms with van der Waals surface area (Å²) in [5.74, 6) is 0.778. The molecule has 0 unspecified atom stereocenters. The first-order chi connectivity index (χ1) is 7.83. The molecule has 0 atom stereocenters. The Morgan fingerprint density at radius 2 is 2.12 bits per heavy atom. The molecule has 0 spiro atoms. The van der Waals surface area contributed by atoms with Crippen LogP contribution >= 0.6 is 15.9 Å². The van der Waals surface area contributed by atoms with Gasteiger partial charge in [0.15, 0.2) is 6.73 Å². The summed E-state index contributed by atoms with van der Waals surface area (Å²) in [5.41, 5.74) is 0.674. The number of halogens is 1. The highest BCUT2D eigenvalue weighted by Gasteiger charge is 2.24. The van der Waals surface area contributed by atoms with Crippen LogP contribution in [0.3, 0.4) is 0 Å². The summed E-state index contributed by atoms with van der Waals surface area (Å²) < 4.78 is 5.53. The van der Waals surface area contributed by atoms with E-state index in [9.17, 15) is 4.79 Å². The molecule has 16 heavy (non-hydrogen) atoms. The molecule has 0 saturated carbocycles. The summed E-state index contributed by atoms with van der Waals surface area (Å²) >= 11 is 3.38. The molecule has 0 bridgehead atoms. The minimum atomic E-state index is 0.0800. The Kier molecular flexibility index (Phi) is 3.83. The number of carbonyl (C=O) groups is 1. The predicted octanol–water partition coefficient (Wildman–Crippen LogP) is 2.65. The predicted molar refractivity (Wildman–Crippen MR) is 66.0 cm³/mol. The van der Waals surface area contributed by atoms with Crippen molar-refractivity contribution in [3.63, 3.8) is 0 Å². The molecule has 1 aromatic carbocycles. The fraction of sp³-hybridized carbons (Fsp3) is 0.417. The summed E-state index contributed by atoms with van der Waals surface area (Å²) in [6.07, 6.45) is 2.08. The lowest BCUT2D eigenvalue weighted by molar-refractivity contribution is 0.0518. The molecule has 1 amide bonds. The second-order valence-corrected chi connectivity index (χ2v) is 4.53. The van der Waals surface area contributed by atoms with Gasteiger partial charge in [-0.25, -0.2) is 0 Å². The third-order valence-corrected chi connectivity index (χ3v) is 3.15. The number of unbranched alkanes of at least 4 members (excludes halogenated alkanes) is 1. The van der Waals surface area contributed by atoms with E-state index in [1.807, 2.05) is 24.3 Å². The van der Waals surface area contributed by atoms with Gasteiger partial charge in [0.2, 0.25) is 0 Å². The van der Waals surface area contributed by atoms with Crippen molar-refractivity contribution in [3.8, 4) is 5.75 Å². The zero-order valence-corrected chi connectivity index (χ0v) is 10.6. The Bertz CT molecular complexity index is 381. The number of nitrogens with zero attached hydrogens (tertiary/aromatic N) is 1. The largest absolute Gasteiger partial charge is 0.472 e. The second-order valence-electron chi connectivity index (χ2n) is 3.73. The normalized spacial score (nSPS) is 14.6. The number of benzene rings is 1. The smallest absolute Gasteiger partial charge is 0.260 e. The van der Waals surface area contributed by atoms with E-state index in [0.29, 0.717) is 18.0 Å². The lowest BCUT2D eigenvalue weighted by atomic mass is 10.1. The fourth-order valence-corrected chi connectivity index (χ4v) is 2.11. The summed E-state index contributed by atoms with van der Waals surface area (Å²) in [5, 5.41) is 0.979. The van der Waals surface area contributed by atoms with Crippen LogP contribution in [0.15, 0.2) is 24.3 Å². The van der Waals surface area contributed by atoms with Crippen molar-refractivity contribution >= 4 is 21.8 Å². The number of carbonyl (C=O) groups excluding carboxylic acids is 1. The molecule has 0 fully saturated rings. The third-order valence-electron chi connectivity index (χ3n) is 2.59. The SMILES string of the molecule is O=C1c2ccccc2OCN1CCCCBr. The molecule has 3 nitrogen and oxygen atoms in total. The number of hydrogen-bond donors (Lipinski definition) is 0. The highest BCUT2D eigenvalue weighted by Crippen LogP contribution is 2.24. The first-order valence-corrected chi connectivity index (χ1v) is 6.52. The van der Waals surface area contributed by atoms with Gasteiger partial charge in [-0.2, -0.15) is 0 Å². The van der Waals surface area contributed by atoms with Gasteiger partial charge >= 0.3 is 0 Å². The summed E-state index contributed by atoms with van der Waals surface area (Å²) in [6.45, 7) is 1.14. The van der Waals surface area contributed by atoms with Crippen LogP contribution in [-0.2, 0) is 0 Å². The van der Waals surface area contributed by atoms with Crippen molar-refractivity contribution in [2.24, 2.45) is 0 Å². The minimum absolute atomic E-state index is 0.0800. The van der Waals surface area contributed by atoms with Crippen molar-refractivity contribution < 1.29 is 9.53 Å². The highest BCUT2D eigenvalue weighted by molar-refractivity contribution is 9.09. The maximum atomic E-state index is 12.0. The number of alkyl halides is 1. The molecule has 1 aliphatic heterocycles. The number of ether oxygens (including phenoxy) is 1. The minimum Gasteiger partial charge on any atom is -0.472 e. The van der Waals surface area contributed by atoms with Gasteiger partial charge in [-0.15, -0.1) is 0 Å². The number of rotatable bonds is 4. The third kappa shape index (κ3) is 2.38. The number of hydrogen-bond acceptors (Lipinski definition) is 2. The Morgan fingerprint density at radius 3 is 2.94 bits per heavy atom. The Hall–Kier alpha value is -1.03. The molecule has 2 rings (SSSR count). The molecule has 4 heteroatoms. The van der Waals surface area contributed by atoms with Crippen molar-refractivity contribution in [1.29, 1.82) is 0 Å². The molecule has 0 N–H and O–H groups in total. The molecule has 86 valence electrons. The number of para-hydroxylation sites is 1. The number of amides is 1. The quantitative estimate of drug-likeness (QED) is 0.628. The van der Waals surface area contributed by atoms with E-state index < -0.39 is 0 Å². The van der Waals surface area contributed by atoms with Gasteiger partial charge in [-0.3, -0.25) is 4.79 Å². The molecular weight excluding hydrogens is 270 g/mol. The first-order valence-electron chi connectivity index (χ1n) is 5.40. The fourth-order valence-electron chi connectivity index (χ4n) is 1.71. The van der Waals surface area contributed by atoms with E-state index in [1.54, 1.807) is 4.90 Å². The van der Waals surface area contributed by atoms with Gasteiger partial charge < -0.3 is 9.64 Å². The van der Waals surface area contributed by atoms with Gasteiger partial charge in [-0.05, 0) is 25.0 Å². The van der Waals surface area contributed by atoms with Gasteiger partial charge in [0.25, 0.3) is 5.91 Å². The topological polar surface area (TPSA) is 29.5 Å². The van der Waals surface area contributed by atoms with E-state index in [4.69, 9.17) is 4.74 Å². The van der Waals surface area contributed by atoms with E-state index in [2.05, 4.69) is 15.9 Å². The van der Waals surface area contributed by atoms with Gasteiger partial charge in [0, 0.05) is 11.9 Å². The highest BCUT2D eigenvalue weighted by atomic mass is 79.9. The van der Waals surface area contributed by atoms with E-state index in [0.717, 1.165) is 24.7 Å². The van der Waals surface area contributed by atoms with Crippen LogP contribution in [0.4, 0.5) is 0 Å². The molecule has 0 aliphatic carbocycles. The average molecular weight is 284 g/mol. The standard InChI is InChI=1S/C12H14BrNO2/c13-7-3-4-8-14-9-16-11-6-2-1-5-10(11)12(14)15/h1-2,5-6H,3-4,7-9H2. The lowest BCUT2D eigenvalue weighted by Gasteiger charge is -2.28. The molecule has 1 aliphatic rings. The van der Waals surface area contributed by atoms with Crippen molar-refractivity contribution in [1.82, 2.24) is 4.90 Å². The van der Waals surface area contributed by atoms with Gasteiger partial charge in [-0.1, -0.05) is 28.1 Å². The van der Waals surface area contributed by atoms with Crippen LogP contribution in [0.5, 0.6) is 5.75 Å². The molecule has 0 radical (unpaired) electrons. The maximum Gasteiger partial charge on any atom is 0.260 e. The molecule has 0 saturated heterocycles. The summed E-state index contributed by atoms with van der Waals surface area (Å²) in [4.78, 5) is 13.8. The van der Waals surface area contributed by atoms with Crippen LogP contribution in [0.1, 0.15) is 23.2 Å². The van der Waals surface area contributed by atoms with Crippen LogP contribution in [0.2, 0.25) is 0 Å². The average Bonchev–Trinajstić information content (AvgIpc) is 2.33. The maximum absolute atomic E-state index is 12.0. The number of fused-ring (bicyclic) bond motifs is 1. The Balaban J connectivity index is 2.03. The van der Waals surface area contributed by atoms with E-state index in [-0.39, 0.29) is 5.91 Å². The van der Waals surface area contributed by atoms with Crippen LogP contribution < -0.4 is 4.74 Å². The molecule has 1 heterocycles. The van der Waals surface area contributed by atoms with Crippen LogP contribution in [-0.4, -0.2) is 29.4 Å². The molecule has 1 aromatic rings. The Morgan fingerprint density at radius 1 is 1.31 bits per heavy atom. The van der Waals surface area contributed by atoms with Gasteiger partial charge in [0.1, 0.15) is 5.75 Å². The van der Waals surface area contributed by atoms with Crippen molar-refractivity contribution in [2.75, 3.05) is 18.6 Å². The van der Waals surface area contributed by atoms with Gasteiger partial charge in [0.05, 0.1) is 5.56 Å². The monoisotopic (exact) mass is 283 g/mol. The lowest BCUT2D eigenvalue weighted by Crippen LogP contribution is -2.39. The van der Waals surface area contributed by atoms with Crippen LogP contribution in [0.25, 0.3) is 0 Å². The molecule has 0 aromatic heterocycles. The van der Waals surface area contributed by atoms with E-state index in [1.165, 1.54) is 0 Å². The molecular formula is C12H14BrNO2. The summed E-state index contributed by atoms with van der Waals surface area (Å²) in [7, 11) is 0. The zero-order valence-electron chi connectivity index (χ0n) is 8.99. The Labute approximate surface area is 104 Å². The van der Waals surface area contributed by atoms with E-state index >= 15 is 0 Å². The first kappa shape index (κ1) is 11.5. The van der Waals surface area contributed by atoms with Crippen molar-refractivity contribution in [2.45, 2.75) is 12.8 Å². The zero-order chi connectivity index (χ0) is 11.4. The van der Waals surface area contributed by atoms with Crippen LogP contribution in [0, 0.1) is 0 Å².